The van der Waals surface area contributed by atoms with E-state index in [9.17, 15) is 26.7 Å². The quantitative estimate of drug-likeness (QED) is 0.461. The Morgan fingerprint density at radius 1 is 1.41 bits per heavy atom. The lowest BCUT2D eigenvalue weighted by Crippen LogP contribution is -2.13. The van der Waals surface area contributed by atoms with Gasteiger partial charge in [0.2, 0.25) is 0 Å². The van der Waals surface area contributed by atoms with Crippen LogP contribution in [0.15, 0.2) is 17.0 Å². The number of hydrogen-bond donors (Lipinski definition) is 0. The van der Waals surface area contributed by atoms with E-state index >= 15 is 0 Å². The molecule has 0 N–H and O–H groups in total. The molecule has 0 aliphatic carbocycles. The van der Waals surface area contributed by atoms with Crippen molar-refractivity contribution in [2.45, 2.75) is 23.9 Å². The molecule has 4 nitrogen and oxygen atoms in total. The third-order valence-electron chi connectivity index (χ3n) is 2.15. The summed E-state index contributed by atoms with van der Waals surface area (Å²) < 4.78 is 71.1. The molecule has 0 saturated heterocycles. The molecule has 0 spiro atoms. The Morgan fingerprint density at radius 2 is 2.05 bits per heavy atom. The van der Waals surface area contributed by atoms with Gasteiger partial charge in [0.1, 0.15) is 11.6 Å². The summed E-state index contributed by atoms with van der Waals surface area (Å²) in [6.45, 7) is -2.16. The van der Waals surface area contributed by atoms with Crippen LogP contribution in [0.2, 0.25) is 0 Å². The van der Waals surface area contributed by atoms with Gasteiger partial charge in [-0.1, -0.05) is 0 Å². The maximum Gasteiger partial charge on any atom is 0.446 e. The average molecular weight is 341 g/mol. The zero-order valence-corrected chi connectivity index (χ0v) is 11.7. The van der Waals surface area contributed by atoms with E-state index in [1.54, 1.807) is 0 Å². The van der Waals surface area contributed by atoms with Crippen LogP contribution in [0.3, 0.4) is 0 Å². The lowest BCUT2D eigenvalue weighted by atomic mass is 10.1. The topological polar surface area (TPSA) is 59.3 Å². The van der Waals surface area contributed by atoms with E-state index in [2.05, 4.69) is 9.47 Å². The molecule has 120 valence electrons. The van der Waals surface area contributed by atoms with Crippen molar-refractivity contribution in [1.29, 1.82) is 5.26 Å². The first kappa shape index (κ1) is 18.0. The number of halogens is 5. The number of hydrogen-bond acceptors (Lipinski definition) is 5. The highest BCUT2D eigenvalue weighted by Gasteiger charge is 2.35. The molecule has 0 fully saturated rings. The number of alkyl halides is 5. The van der Waals surface area contributed by atoms with E-state index < -0.39 is 51.6 Å². The zero-order chi connectivity index (χ0) is 16.9. The number of esters is 1. The molecule has 0 radical (unpaired) electrons. The van der Waals surface area contributed by atoms with Gasteiger partial charge < -0.3 is 9.47 Å². The molecule has 22 heavy (non-hydrogen) atoms. The van der Waals surface area contributed by atoms with Crippen molar-refractivity contribution >= 4 is 17.7 Å². The summed E-state index contributed by atoms with van der Waals surface area (Å²) in [6.07, 6.45) is 0. The van der Waals surface area contributed by atoms with E-state index in [1.165, 1.54) is 13.0 Å². The van der Waals surface area contributed by atoms with Gasteiger partial charge in [-0.15, -0.1) is 0 Å². The molecule has 0 aliphatic rings. The zero-order valence-electron chi connectivity index (χ0n) is 10.9. The number of nitriles is 1. The van der Waals surface area contributed by atoms with Crippen LogP contribution >= 0.6 is 11.8 Å². The Hall–Kier alpha value is -2.02. The summed E-state index contributed by atoms with van der Waals surface area (Å²) in [5, 5.41) is 8.82. The standard InChI is InChI=1S/C12H8F5NO3S/c1-2-20-10(19)7-4-3-6(5-18)9(22-12(15,16)17)8(7)21-11(13)14/h3-4,11H,2H2,1H3. The minimum atomic E-state index is -4.86. The number of benzene rings is 1. The molecule has 1 aromatic rings. The molecule has 0 unspecified atom stereocenters. The fourth-order valence-corrected chi connectivity index (χ4v) is 2.15. The summed E-state index contributed by atoms with van der Waals surface area (Å²) in [7, 11) is 0. The van der Waals surface area contributed by atoms with Crippen LogP contribution in [0, 0.1) is 11.3 Å². The monoisotopic (exact) mass is 341 g/mol. The van der Waals surface area contributed by atoms with Crippen LogP contribution in [-0.2, 0) is 4.74 Å². The Labute approximate surface area is 125 Å². The predicted molar refractivity (Wildman–Crippen MR) is 65.7 cm³/mol. The molecule has 1 aromatic carbocycles. The molecule has 0 amide bonds. The number of rotatable bonds is 5. The minimum absolute atomic E-state index is 0.116. The summed E-state index contributed by atoms with van der Waals surface area (Å²) >= 11 is -0.818. The van der Waals surface area contributed by atoms with Crippen LogP contribution in [0.25, 0.3) is 0 Å². The van der Waals surface area contributed by atoms with Gasteiger partial charge in [0.05, 0.1) is 17.1 Å². The SMILES string of the molecule is CCOC(=O)c1ccc(C#N)c(SC(F)(F)F)c1OC(F)F. The molecule has 0 bridgehead atoms. The Morgan fingerprint density at radius 3 is 2.50 bits per heavy atom. The van der Waals surface area contributed by atoms with Gasteiger partial charge in [-0.25, -0.2) is 4.79 Å². The smallest absolute Gasteiger partial charge is 0.446 e. The highest BCUT2D eigenvalue weighted by molar-refractivity contribution is 8.00. The van der Waals surface area contributed by atoms with E-state index in [0.29, 0.717) is 0 Å². The van der Waals surface area contributed by atoms with Gasteiger partial charge in [-0.05, 0) is 30.8 Å². The first-order valence-corrected chi connectivity index (χ1v) is 6.46. The normalized spacial score (nSPS) is 11.2. The predicted octanol–water partition coefficient (Wildman–Crippen LogP) is 3.95. The van der Waals surface area contributed by atoms with Crippen LogP contribution in [-0.4, -0.2) is 24.7 Å². The van der Waals surface area contributed by atoms with Crippen molar-refractivity contribution in [1.82, 2.24) is 0 Å². The number of nitrogens with zero attached hydrogens (tertiary/aromatic N) is 1. The van der Waals surface area contributed by atoms with Gasteiger partial charge in [0.25, 0.3) is 0 Å². The first-order chi connectivity index (χ1) is 10.2. The van der Waals surface area contributed by atoms with Crippen LogP contribution in [0.1, 0.15) is 22.8 Å². The van der Waals surface area contributed by atoms with Gasteiger partial charge in [-0.3, -0.25) is 0 Å². The molecule has 0 atom stereocenters. The summed E-state index contributed by atoms with van der Waals surface area (Å²) in [5.41, 5.74) is -6.03. The van der Waals surface area contributed by atoms with E-state index in [4.69, 9.17) is 5.26 Å². The Bertz CT molecular complexity index is 598. The lowest BCUT2D eigenvalue weighted by Gasteiger charge is -2.16. The molecule has 0 aliphatic heterocycles. The summed E-state index contributed by atoms with van der Waals surface area (Å²) in [5.74, 6) is -2.17. The molecular weight excluding hydrogens is 333 g/mol. The minimum Gasteiger partial charge on any atom is -0.462 e. The largest absolute Gasteiger partial charge is 0.462 e. The van der Waals surface area contributed by atoms with Crippen molar-refractivity contribution < 1.29 is 36.2 Å². The highest BCUT2D eigenvalue weighted by atomic mass is 32.2. The first-order valence-electron chi connectivity index (χ1n) is 5.64. The third kappa shape index (κ3) is 4.77. The van der Waals surface area contributed by atoms with Crippen LogP contribution in [0.5, 0.6) is 5.75 Å². The van der Waals surface area contributed by atoms with Crippen LogP contribution < -0.4 is 4.74 Å². The Balaban J connectivity index is 3.50. The second-order valence-electron chi connectivity index (χ2n) is 3.58. The van der Waals surface area contributed by atoms with Crippen molar-refractivity contribution in [3.8, 4) is 11.8 Å². The fourth-order valence-electron chi connectivity index (χ4n) is 1.44. The van der Waals surface area contributed by atoms with Gasteiger partial charge in [0, 0.05) is 0 Å². The number of carbonyl (C=O) groups excluding carboxylic acids is 1. The van der Waals surface area contributed by atoms with Crippen molar-refractivity contribution in [3.63, 3.8) is 0 Å². The van der Waals surface area contributed by atoms with E-state index in [-0.39, 0.29) is 6.61 Å². The van der Waals surface area contributed by atoms with Crippen molar-refractivity contribution in [2.24, 2.45) is 0 Å². The number of thioether (sulfide) groups is 1. The maximum absolute atomic E-state index is 12.6. The molecule has 0 saturated carbocycles. The van der Waals surface area contributed by atoms with E-state index in [1.807, 2.05) is 0 Å². The second-order valence-corrected chi connectivity index (χ2v) is 4.65. The number of carbonyl (C=O) groups is 1. The van der Waals surface area contributed by atoms with Crippen LogP contribution in [0.4, 0.5) is 22.0 Å². The van der Waals surface area contributed by atoms with Gasteiger partial charge >= 0.3 is 18.1 Å². The van der Waals surface area contributed by atoms with Crippen molar-refractivity contribution in [2.75, 3.05) is 6.61 Å². The second kappa shape index (κ2) is 7.31. The molecule has 0 aromatic heterocycles. The lowest BCUT2D eigenvalue weighted by molar-refractivity contribution is -0.0534. The fraction of sp³-hybridized carbons (Fsp3) is 0.333. The molecule has 10 heteroatoms. The summed E-state index contributed by atoms with van der Waals surface area (Å²) in [4.78, 5) is 10.7. The van der Waals surface area contributed by atoms with Crippen molar-refractivity contribution in [3.05, 3.63) is 23.3 Å². The van der Waals surface area contributed by atoms with Gasteiger partial charge in [0.15, 0.2) is 5.75 Å². The maximum atomic E-state index is 12.6. The molecule has 1 rings (SSSR count). The van der Waals surface area contributed by atoms with Gasteiger partial charge in [-0.2, -0.15) is 27.2 Å². The Kier molecular flexibility index (Phi) is 5.99. The molecular formula is C12H8F5NO3S. The van der Waals surface area contributed by atoms with E-state index in [0.717, 1.165) is 12.1 Å². The molecule has 0 heterocycles. The third-order valence-corrected chi connectivity index (χ3v) is 2.99. The number of ether oxygens (including phenoxy) is 2. The average Bonchev–Trinajstić information content (AvgIpc) is 2.38. The summed E-state index contributed by atoms with van der Waals surface area (Å²) in [6, 6.07) is 3.23. The highest BCUT2D eigenvalue weighted by Crippen LogP contribution is 2.45.